The van der Waals surface area contributed by atoms with Gasteiger partial charge in [-0.2, -0.15) is 13.2 Å². The predicted molar refractivity (Wildman–Crippen MR) is 98.0 cm³/mol. The molecule has 1 amide bonds. The Kier molecular flexibility index (Phi) is 5.82. The maximum Gasteiger partial charge on any atom is 0.433 e. The van der Waals surface area contributed by atoms with Crippen LogP contribution in [0, 0.1) is 10.1 Å². The number of pyridine rings is 1. The molecule has 1 aliphatic heterocycles. The number of anilines is 2. The fraction of sp³-hybridized carbons (Fsp3) is 0.250. The number of rotatable bonds is 4. The molecule has 8 nitrogen and oxygen atoms in total. The van der Waals surface area contributed by atoms with Gasteiger partial charge >= 0.3 is 6.18 Å². The summed E-state index contributed by atoms with van der Waals surface area (Å²) in [5.74, 6) is -0.820. The summed E-state index contributed by atoms with van der Waals surface area (Å²) in [7, 11) is 0. The Balaban J connectivity index is 1.83. The van der Waals surface area contributed by atoms with Gasteiger partial charge in [0.2, 0.25) is 6.23 Å². The van der Waals surface area contributed by atoms with Gasteiger partial charge in [-0.15, -0.1) is 0 Å². The summed E-state index contributed by atoms with van der Waals surface area (Å²) < 4.78 is 45.3. The number of nitro groups is 1. The van der Waals surface area contributed by atoms with Crippen molar-refractivity contribution in [2.75, 3.05) is 16.8 Å². The molecule has 1 aromatic heterocycles. The van der Waals surface area contributed by atoms with Crippen LogP contribution in [0.25, 0.3) is 0 Å². The molecule has 3 rings (SSSR count). The second kappa shape index (κ2) is 8.01. The van der Waals surface area contributed by atoms with E-state index in [1.807, 2.05) is 0 Å². The zero-order valence-electron chi connectivity index (χ0n) is 14.2. The lowest BCUT2D eigenvalue weighted by atomic mass is 10.2. The van der Waals surface area contributed by atoms with Crippen molar-refractivity contribution in [3.05, 3.63) is 56.8 Å². The van der Waals surface area contributed by atoms with E-state index in [0.29, 0.717) is 0 Å². The van der Waals surface area contributed by atoms with Crippen LogP contribution in [0.2, 0.25) is 10.2 Å². The molecule has 29 heavy (non-hydrogen) atoms. The molecule has 2 aromatic rings. The van der Waals surface area contributed by atoms with Crippen LogP contribution in [0.5, 0.6) is 0 Å². The van der Waals surface area contributed by atoms with Crippen molar-refractivity contribution in [1.82, 2.24) is 4.98 Å². The number of amides is 1. The normalized spacial score (nSPS) is 19.3. The average molecular weight is 451 g/mol. The van der Waals surface area contributed by atoms with E-state index in [4.69, 9.17) is 27.9 Å². The minimum atomic E-state index is -4.83. The van der Waals surface area contributed by atoms with E-state index in [-0.39, 0.29) is 21.6 Å². The number of halogens is 5. The number of nitro benzene ring substituents is 1. The molecular weight excluding hydrogens is 440 g/mol. The SMILES string of the molecule is O=C(Nc1ccc(Cl)nc1)C1CN(c2ccc([N+](=O)[O-])c(Cl)c2)C(C(F)(F)F)O1. The summed E-state index contributed by atoms with van der Waals surface area (Å²) in [5, 5.41) is 13.1. The first-order valence-corrected chi connectivity index (χ1v) is 8.67. The van der Waals surface area contributed by atoms with Crippen molar-refractivity contribution in [2.24, 2.45) is 0 Å². The molecule has 2 heterocycles. The van der Waals surface area contributed by atoms with Gasteiger partial charge in [0, 0.05) is 11.8 Å². The highest BCUT2D eigenvalue weighted by atomic mass is 35.5. The molecule has 1 aromatic carbocycles. The van der Waals surface area contributed by atoms with Gasteiger partial charge in [-0.1, -0.05) is 23.2 Å². The van der Waals surface area contributed by atoms with Crippen LogP contribution in [0.4, 0.5) is 30.2 Å². The Bertz CT molecular complexity index is 943. The van der Waals surface area contributed by atoms with Crippen LogP contribution < -0.4 is 10.2 Å². The number of carbonyl (C=O) groups excluding carboxylic acids is 1. The highest BCUT2D eigenvalue weighted by Crippen LogP contribution is 2.37. The van der Waals surface area contributed by atoms with Gasteiger partial charge in [0.15, 0.2) is 6.10 Å². The summed E-state index contributed by atoms with van der Waals surface area (Å²) in [4.78, 5) is 27.0. The van der Waals surface area contributed by atoms with Crippen LogP contribution in [0.3, 0.4) is 0 Å². The highest BCUT2D eigenvalue weighted by molar-refractivity contribution is 6.33. The summed E-state index contributed by atoms with van der Waals surface area (Å²) >= 11 is 11.4. The molecule has 1 N–H and O–H groups in total. The first-order valence-electron chi connectivity index (χ1n) is 7.91. The third-order valence-electron chi connectivity index (χ3n) is 3.97. The van der Waals surface area contributed by atoms with Gasteiger partial charge in [0.05, 0.1) is 23.4 Å². The lowest BCUT2D eigenvalue weighted by Gasteiger charge is -2.26. The number of benzene rings is 1. The van der Waals surface area contributed by atoms with Crippen LogP contribution in [-0.2, 0) is 9.53 Å². The first-order chi connectivity index (χ1) is 13.6. The Morgan fingerprint density at radius 2 is 2.03 bits per heavy atom. The van der Waals surface area contributed by atoms with Crippen molar-refractivity contribution in [3.63, 3.8) is 0 Å². The largest absolute Gasteiger partial charge is 0.433 e. The zero-order chi connectivity index (χ0) is 21.3. The molecule has 0 radical (unpaired) electrons. The molecule has 2 atom stereocenters. The molecule has 13 heteroatoms. The molecule has 0 bridgehead atoms. The molecule has 154 valence electrons. The predicted octanol–water partition coefficient (Wildman–Crippen LogP) is 4.03. The van der Waals surface area contributed by atoms with E-state index >= 15 is 0 Å². The third-order valence-corrected chi connectivity index (χ3v) is 4.49. The summed E-state index contributed by atoms with van der Waals surface area (Å²) in [6.07, 6.45) is -7.49. The Morgan fingerprint density at radius 3 is 2.59 bits per heavy atom. The number of ether oxygens (including phenoxy) is 1. The Labute approximate surface area is 171 Å². The fourth-order valence-electron chi connectivity index (χ4n) is 2.68. The molecule has 1 aliphatic rings. The quantitative estimate of drug-likeness (QED) is 0.429. The van der Waals surface area contributed by atoms with Crippen molar-refractivity contribution < 1.29 is 27.6 Å². The van der Waals surface area contributed by atoms with Crippen molar-refractivity contribution in [3.8, 4) is 0 Å². The molecular formula is C16H11Cl2F3N4O4. The van der Waals surface area contributed by atoms with Crippen molar-refractivity contribution >= 4 is 46.2 Å². The van der Waals surface area contributed by atoms with Gasteiger partial charge in [-0.25, -0.2) is 4.98 Å². The van der Waals surface area contributed by atoms with Crippen molar-refractivity contribution in [1.29, 1.82) is 0 Å². The highest BCUT2D eigenvalue weighted by Gasteiger charge is 2.52. The first kappa shape index (κ1) is 21.1. The van der Waals surface area contributed by atoms with E-state index in [1.165, 1.54) is 18.3 Å². The number of hydrogen-bond donors (Lipinski definition) is 1. The van der Waals surface area contributed by atoms with Gasteiger partial charge in [-0.05, 0) is 24.3 Å². The number of nitrogens with one attached hydrogen (secondary N) is 1. The number of aromatic nitrogens is 1. The van der Waals surface area contributed by atoms with Crippen LogP contribution in [0.1, 0.15) is 0 Å². The lowest BCUT2D eigenvalue weighted by molar-refractivity contribution is -0.384. The van der Waals surface area contributed by atoms with Gasteiger partial charge < -0.3 is 15.0 Å². The molecule has 0 saturated carbocycles. The molecule has 1 fully saturated rings. The molecule has 0 aliphatic carbocycles. The number of carbonyl (C=O) groups is 1. The van der Waals surface area contributed by atoms with E-state index in [1.54, 1.807) is 0 Å². The van der Waals surface area contributed by atoms with E-state index in [2.05, 4.69) is 10.3 Å². The van der Waals surface area contributed by atoms with E-state index in [0.717, 1.165) is 23.1 Å². The topological polar surface area (TPSA) is 97.6 Å². The second-order valence-corrected chi connectivity index (χ2v) is 6.72. The minimum absolute atomic E-state index is 0.0774. The molecule has 2 unspecified atom stereocenters. The van der Waals surface area contributed by atoms with Gasteiger partial charge in [0.25, 0.3) is 11.6 Å². The van der Waals surface area contributed by atoms with Crippen LogP contribution in [0.15, 0.2) is 36.5 Å². The molecule has 1 saturated heterocycles. The van der Waals surface area contributed by atoms with Gasteiger partial charge in [-0.3, -0.25) is 14.9 Å². The van der Waals surface area contributed by atoms with E-state index < -0.39 is 41.6 Å². The summed E-state index contributed by atoms with van der Waals surface area (Å²) in [6, 6.07) is 5.94. The van der Waals surface area contributed by atoms with Crippen LogP contribution in [-0.4, -0.2) is 40.9 Å². The van der Waals surface area contributed by atoms with Crippen LogP contribution >= 0.6 is 23.2 Å². The Hall–Kier alpha value is -2.63. The maximum absolute atomic E-state index is 13.4. The molecule has 0 spiro atoms. The average Bonchev–Trinajstić information content (AvgIpc) is 3.09. The van der Waals surface area contributed by atoms with Gasteiger partial charge in [0.1, 0.15) is 10.2 Å². The lowest BCUT2D eigenvalue weighted by Crippen LogP contribution is -2.42. The zero-order valence-corrected chi connectivity index (χ0v) is 15.7. The summed E-state index contributed by atoms with van der Waals surface area (Å²) in [6.45, 7) is -0.453. The third kappa shape index (κ3) is 4.69. The smallest absolute Gasteiger partial charge is 0.335 e. The second-order valence-electron chi connectivity index (χ2n) is 5.92. The fourth-order valence-corrected chi connectivity index (χ4v) is 3.04. The van der Waals surface area contributed by atoms with Crippen molar-refractivity contribution in [2.45, 2.75) is 18.5 Å². The Morgan fingerprint density at radius 1 is 1.31 bits per heavy atom. The number of hydrogen-bond acceptors (Lipinski definition) is 6. The monoisotopic (exact) mass is 450 g/mol. The number of alkyl halides is 3. The minimum Gasteiger partial charge on any atom is -0.335 e. The standard InChI is InChI=1S/C16H11Cl2F3N4O4/c17-10-5-9(2-3-11(10)25(27)28)24-7-12(29-15(24)16(19,20)21)14(26)23-8-1-4-13(18)22-6-8/h1-6,12,15H,7H2,(H,23,26). The van der Waals surface area contributed by atoms with E-state index in [9.17, 15) is 28.1 Å². The maximum atomic E-state index is 13.4. The summed E-state index contributed by atoms with van der Waals surface area (Å²) in [5.41, 5.74) is -0.307. The number of nitrogens with zero attached hydrogens (tertiary/aromatic N) is 3.